The van der Waals surface area contributed by atoms with E-state index in [-0.39, 0.29) is 5.69 Å². The molecule has 0 N–H and O–H groups in total. The fourth-order valence-corrected chi connectivity index (χ4v) is 3.01. The molecule has 0 atom stereocenters. The van der Waals surface area contributed by atoms with Gasteiger partial charge in [-0.2, -0.15) is 13.2 Å². The number of aromatic nitrogens is 2. The highest BCUT2D eigenvalue weighted by Gasteiger charge is 2.29. The maximum absolute atomic E-state index is 12.4. The van der Waals surface area contributed by atoms with Crippen molar-refractivity contribution in [1.82, 2.24) is 9.55 Å². The minimum atomic E-state index is -4.39. The van der Waals surface area contributed by atoms with Crippen LogP contribution in [0.25, 0.3) is 17.1 Å². The maximum atomic E-state index is 12.4. The molecule has 0 aliphatic heterocycles. The predicted molar refractivity (Wildman–Crippen MR) is 101 cm³/mol. The summed E-state index contributed by atoms with van der Waals surface area (Å²) >= 11 is 9.61. The first kappa shape index (κ1) is 19.6. The van der Waals surface area contributed by atoms with Gasteiger partial charge in [-0.3, -0.25) is 9.36 Å². The fourth-order valence-electron chi connectivity index (χ4n) is 2.53. The van der Waals surface area contributed by atoms with E-state index in [4.69, 9.17) is 11.6 Å². The number of carbonyl (C=O) groups is 1. The van der Waals surface area contributed by atoms with E-state index in [9.17, 15) is 18.0 Å². The molecular weight excluding hydrogens is 445 g/mol. The Hall–Kier alpha value is -2.12. The van der Waals surface area contributed by atoms with Gasteiger partial charge in [0, 0.05) is 28.3 Å². The van der Waals surface area contributed by atoms with Crippen molar-refractivity contribution in [2.75, 3.05) is 0 Å². The van der Waals surface area contributed by atoms with Crippen LogP contribution in [0.5, 0.6) is 0 Å². The lowest BCUT2D eigenvalue weighted by Gasteiger charge is -2.09. The molecule has 0 aliphatic rings. The number of imidazole rings is 1. The number of rotatable bonds is 5. The quantitative estimate of drug-likeness (QED) is 0.411. The Balaban J connectivity index is 2.05. The lowest BCUT2D eigenvalue weighted by molar-refractivity contribution is -0.133. The summed E-state index contributed by atoms with van der Waals surface area (Å²) in [7, 11) is 0. The van der Waals surface area contributed by atoms with E-state index in [0.717, 1.165) is 4.47 Å². The predicted octanol–water partition coefficient (Wildman–Crippen LogP) is 6.48. The molecule has 0 aliphatic carbocycles. The van der Waals surface area contributed by atoms with E-state index in [2.05, 4.69) is 20.9 Å². The maximum Gasteiger partial charge on any atom is 0.389 e. The van der Waals surface area contributed by atoms with Crippen LogP contribution in [0, 0.1) is 0 Å². The Bertz CT molecular complexity index is 968. The summed E-state index contributed by atoms with van der Waals surface area (Å²) in [6.07, 6.45) is -4.78. The molecule has 1 heterocycles. The van der Waals surface area contributed by atoms with Gasteiger partial charge in [0.05, 0.1) is 11.4 Å². The van der Waals surface area contributed by atoms with Crippen molar-refractivity contribution in [3.05, 3.63) is 69.9 Å². The largest absolute Gasteiger partial charge is 0.389 e. The highest BCUT2D eigenvalue weighted by molar-refractivity contribution is 9.10. The second-order valence-electron chi connectivity index (χ2n) is 5.81. The molecule has 0 unspecified atom stereocenters. The molecule has 0 spiro atoms. The van der Waals surface area contributed by atoms with Gasteiger partial charge < -0.3 is 0 Å². The average molecular weight is 458 g/mol. The molecule has 3 nitrogen and oxygen atoms in total. The number of hydrogen-bond acceptors (Lipinski definition) is 2. The summed E-state index contributed by atoms with van der Waals surface area (Å²) in [5.41, 5.74) is 1.25. The fraction of sp³-hybridized carbons (Fsp3) is 0.158. The third kappa shape index (κ3) is 4.78. The topological polar surface area (TPSA) is 34.9 Å². The van der Waals surface area contributed by atoms with E-state index < -0.39 is 24.8 Å². The molecular formula is C19H13BrClF3N2O. The van der Waals surface area contributed by atoms with Gasteiger partial charge in [0.25, 0.3) is 0 Å². The Morgan fingerprint density at radius 1 is 1.11 bits per heavy atom. The molecule has 140 valence electrons. The molecule has 0 saturated heterocycles. The second-order valence-corrected chi connectivity index (χ2v) is 7.14. The van der Waals surface area contributed by atoms with Crippen LogP contribution in [0.1, 0.15) is 23.3 Å². The van der Waals surface area contributed by atoms with Crippen molar-refractivity contribution >= 4 is 33.3 Å². The second kappa shape index (κ2) is 7.86. The Morgan fingerprint density at radius 2 is 1.78 bits per heavy atom. The van der Waals surface area contributed by atoms with Crippen molar-refractivity contribution in [1.29, 1.82) is 0 Å². The van der Waals surface area contributed by atoms with Crippen LogP contribution >= 0.6 is 27.5 Å². The summed E-state index contributed by atoms with van der Waals surface area (Å²) in [4.78, 5) is 16.5. The highest BCUT2D eigenvalue weighted by Crippen LogP contribution is 2.30. The van der Waals surface area contributed by atoms with Gasteiger partial charge in [0.2, 0.25) is 0 Å². The number of carbonyl (C=O) groups excluding carboxylic acids is 1. The molecule has 27 heavy (non-hydrogen) atoms. The van der Waals surface area contributed by atoms with Gasteiger partial charge in [0.1, 0.15) is 11.5 Å². The number of ketones is 1. The van der Waals surface area contributed by atoms with Crippen molar-refractivity contribution < 1.29 is 18.0 Å². The number of alkyl halides is 3. The number of benzene rings is 2. The summed E-state index contributed by atoms with van der Waals surface area (Å²) < 4.78 is 39.8. The molecule has 0 bridgehead atoms. The summed E-state index contributed by atoms with van der Waals surface area (Å²) in [6.45, 7) is 0. The van der Waals surface area contributed by atoms with Crippen LogP contribution in [0.2, 0.25) is 5.02 Å². The standard InChI is InChI=1S/C19H13BrClF3N2O/c20-12-5-7-13(8-6-12)26-11-16(17(27)9-10-19(22,23)24)25-18(26)14-3-1-2-4-15(14)21/h1-8,11H,9-10H2. The number of Topliss-reactive ketones (excluding diaryl/α,β-unsaturated/α-hetero) is 1. The number of nitrogens with zero attached hydrogens (tertiary/aromatic N) is 2. The van der Waals surface area contributed by atoms with Crippen LogP contribution in [0.3, 0.4) is 0 Å². The zero-order chi connectivity index (χ0) is 19.6. The van der Waals surface area contributed by atoms with Gasteiger partial charge in [-0.05, 0) is 36.4 Å². The van der Waals surface area contributed by atoms with Crippen LogP contribution in [-0.4, -0.2) is 21.5 Å². The first-order valence-corrected chi connectivity index (χ1v) is 9.12. The highest BCUT2D eigenvalue weighted by atomic mass is 79.9. The smallest absolute Gasteiger partial charge is 0.299 e. The molecule has 0 amide bonds. The van der Waals surface area contributed by atoms with Crippen molar-refractivity contribution in [3.63, 3.8) is 0 Å². The van der Waals surface area contributed by atoms with E-state index >= 15 is 0 Å². The van der Waals surface area contributed by atoms with E-state index in [0.29, 0.717) is 22.1 Å². The minimum Gasteiger partial charge on any atom is -0.299 e. The number of halogens is 5. The Kier molecular flexibility index (Phi) is 5.72. The SMILES string of the molecule is O=C(CCC(F)(F)F)c1cn(-c2ccc(Br)cc2)c(-c2ccccc2Cl)n1. The molecule has 0 fully saturated rings. The molecule has 2 aromatic carbocycles. The normalized spacial score (nSPS) is 11.6. The molecule has 1 aromatic heterocycles. The van der Waals surface area contributed by atoms with Gasteiger partial charge >= 0.3 is 6.18 Å². The van der Waals surface area contributed by atoms with E-state index in [1.54, 1.807) is 41.0 Å². The third-order valence-electron chi connectivity index (χ3n) is 3.85. The first-order chi connectivity index (χ1) is 12.7. The average Bonchev–Trinajstić information content (AvgIpc) is 3.05. The lowest BCUT2D eigenvalue weighted by atomic mass is 10.2. The van der Waals surface area contributed by atoms with Gasteiger partial charge in [-0.25, -0.2) is 4.98 Å². The summed E-state index contributed by atoms with van der Waals surface area (Å²) in [5, 5.41) is 0.427. The summed E-state index contributed by atoms with van der Waals surface area (Å²) in [6, 6.07) is 14.2. The van der Waals surface area contributed by atoms with Gasteiger partial charge in [-0.15, -0.1) is 0 Å². The summed E-state index contributed by atoms with van der Waals surface area (Å²) in [5.74, 6) is -0.283. The van der Waals surface area contributed by atoms with Crippen LogP contribution in [0.4, 0.5) is 13.2 Å². The van der Waals surface area contributed by atoms with Crippen LogP contribution < -0.4 is 0 Å². The Labute approximate surface area is 166 Å². The zero-order valence-corrected chi connectivity index (χ0v) is 16.1. The number of hydrogen-bond donors (Lipinski definition) is 0. The van der Waals surface area contributed by atoms with Crippen molar-refractivity contribution in [3.8, 4) is 17.1 Å². The lowest BCUT2D eigenvalue weighted by Crippen LogP contribution is -2.11. The minimum absolute atomic E-state index is 0.0305. The van der Waals surface area contributed by atoms with Crippen molar-refractivity contribution in [2.24, 2.45) is 0 Å². The van der Waals surface area contributed by atoms with Crippen LogP contribution in [-0.2, 0) is 0 Å². The molecule has 3 aromatic rings. The zero-order valence-electron chi connectivity index (χ0n) is 13.8. The molecule has 0 saturated carbocycles. The van der Waals surface area contributed by atoms with E-state index in [1.807, 2.05) is 12.1 Å². The van der Waals surface area contributed by atoms with E-state index in [1.165, 1.54) is 6.20 Å². The monoisotopic (exact) mass is 456 g/mol. The first-order valence-electron chi connectivity index (χ1n) is 7.95. The van der Waals surface area contributed by atoms with Gasteiger partial charge in [-0.1, -0.05) is 39.7 Å². The van der Waals surface area contributed by atoms with Crippen molar-refractivity contribution in [2.45, 2.75) is 19.0 Å². The molecule has 8 heteroatoms. The molecule has 3 rings (SSSR count). The third-order valence-corrected chi connectivity index (χ3v) is 4.70. The van der Waals surface area contributed by atoms with Crippen LogP contribution in [0.15, 0.2) is 59.2 Å². The molecule has 0 radical (unpaired) electrons. The van der Waals surface area contributed by atoms with Gasteiger partial charge in [0.15, 0.2) is 5.78 Å². The Morgan fingerprint density at radius 3 is 2.41 bits per heavy atom.